The topological polar surface area (TPSA) is 89.5 Å². The molecule has 2 N–H and O–H groups in total. The van der Waals surface area contributed by atoms with Crippen LogP contribution in [0.15, 0.2) is 53.3 Å². The molecule has 1 aliphatic rings. The molecule has 1 aromatic heterocycles. The van der Waals surface area contributed by atoms with Crippen LogP contribution < -0.4 is 10.5 Å². The SMILES string of the molecule is O=C(c1nc2ccccc2c(=O)[nH]1)N1CCN(c2ccccc2O)CC1. The summed E-state index contributed by atoms with van der Waals surface area (Å²) in [5.41, 5.74) is 0.955. The molecule has 2 aromatic carbocycles. The normalized spacial score (nSPS) is 14.6. The average molecular weight is 350 g/mol. The fourth-order valence-corrected chi connectivity index (χ4v) is 3.22. The highest BCUT2D eigenvalue weighted by Crippen LogP contribution is 2.27. The Morgan fingerprint density at radius 1 is 1.00 bits per heavy atom. The van der Waals surface area contributed by atoms with Crippen LogP contribution in [0.25, 0.3) is 10.9 Å². The minimum absolute atomic E-state index is 0.0599. The quantitative estimate of drug-likeness (QED) is 0.733. The van der Waals surface area contributed by atoms with E-state index in [1.54, 1.807) is 41.3 Å². The molecular formula is C19H18N4O3. The first-order valence-corrected chi connectivity index (χ1v) is 8.45. The molecule has 7 heteroatoms. The number of rotatable bonds is 2. The summed E-state index contributed by atoms with van der Waals surface area (Å²) in [6, 6.07) is 14.1. The summed E-state index contributed by atoms with van der Waals surface area (Å²) in [6.45, 7) is 2.18. The number of phenolic OH excluding ortho intramolecular Hbond substituents is 1. The van der Waals surface area contributed by atoms with Crippen molar-refractivity contribution in [1.82, 2.24) is 14.9 Å². The number of hydrogen-bond donors (Lipinski definition) is 2. The average Bonchev–Trinajstić information content (AvgIpc) is 2.68. The maximum Gasteiger partial charge on any atom is 0.289 e. The number of carbonyl (C=O) groups is 1. The van der Waals surface area contributed by atoms with E-state index in [-0.39, 0.29) is 23.0 Å². The van der Waals surface area contributed by atoms with Crippen LogP contribution in [0.5, 0.6) is 5.75 Å². The van der Waals surface area contributed by atoms with Crippen molar-refractivity contribution in [2.45, 2.75) is 0 Å². The van der Waals surface area contributed by atoms with Crippen molar-refractivity contribution in [3.63, 3.8) is 0 Å². The Hall–Kier alpha value is -3.35. The van der Waals surface area contributed by atoms with E-state index in [2.05, 4.69) is 9.97 Å². The van der Waals surface area contributed by atoms with Gasteiger partial charge in [-0.05, 0) is 24.3 Å². The number of nitrogens with one attached hydrogen (secondary N) is 1. The van der Waals surface area contributed by atoms with Gasteiger partial charge >= 0.3 is 0 Å². The van der Waals surface area contributed by atoms with Gasteiger partial charge in [0.1, 0.15) is 5.75 Å². The van der Waals surface area contributed by atoms with Crippen LogP contribution in [0.4, 0.5) is 5.69 Å². The van der Waals surface area contributed by atoms with E-state index in [9.17, 15) is 14.7 Å². The van der Waals surface area contributed by atoms with Crippen LogP contribution in [-0.2, 0) is 0 Å². The lowest BCUT2D eigenvalue weighted by atomic mass is 10.2. The minimum atomic E-state index is -0.313. The molecule has 0 bridgehead atoms. The van der Waals surface area contributed by atoms with Crippen molar-refractivity contribution in [1.29, 1.82) is 0 Å². The molecule has 132 valence electrons. The summed E-state index contributed by atoms with van der Waals surface area (Å²) >= 11 is 0. The predicted octanol–water partition coefficient (Wildman–Crippen LogP) is 1.59. The van der Waals surface area contributed by atoms with E-state index in [1.807, 2.05) is 17.0 Å². The third kappa shape index (κ3) is 2.88. The van der Waals surface area contributed by atoms with Crippen LogP contribution in [0, 0.1) is 0 Å². The van der Waals surface area contributed by atoms with Crippen LogP contribution in [0.3, 0.4) is 0 Å². The molecule has 1 saturated heterocycles. The Kier molecular flexibility index (Phi) is 4.04. The van der Waals surface area contributed by atoms with Crippen LogP contribution in [0.2, 0.25) is 0 Å². The Balaban J connectivity index is 1.52. The number of H-pyrrole nitrogens is 1. The van der Waals surface area contributed by atoms with Gasteiger partial charge in [0.15, 0.2) is 5.82 Å². The first-order chi connectivity index (χ1) is 12.6. The number of phenols is 1. The summed E-state index contributed by atoms with van der Waals surface area (Å²) in [4.78, 5) is 35.5. The Morgan fingerprint density at radius 2 is 1.69 bits per heavy atom. The number of aromatic amines is 1. The molecule has 0 aliphatic carbocycles. The lowest BCUT2D eigenvalue weighted by Crippen LogP contribution is -2.49. The Labute approximate surface area is 149 Å². The second kappa shape index (κ2) is 6.51. The first-order valence-electron chi connectivity index (χ1n) is 8.45. The highest BCUT2D eigenvalue weighted by molar-refractivity contribution is 5.92. The standard InChI is InChI=1S/C19H18N4O3/c24-16-8-4-3-7-15(16)22-9-11-23(12-10-22)19(26)17-20-14-6-2-1-5-13(14)18(25)21-17/h1-8,24H,9-12H2,(H,20,21,25). The van der Waals surface area contributed by atoms with Gasteiger partial charge in [0.2, 0.25) is 0 Å². The fourth-order valence-electron chi connectivity index (χ4n) is 3.22. The third-order valence-electron chi connectivity index (χ3n) is 4.60. The molecule has 1 aliphatic heterocycles. The van der Waals surface area contributed by atoms with Gasteiger partial charge in [-0.2, -0.15) is 0 Å². The van der Waals surface area contributed by atoms with E-state index in [1.165, 1.54) is 0 Å². The van der Waals surface area contributed by atoms with E-state index >= 15 is 0 Å². The van der Waals surface area contributed by atoms with Crippen molar-refractivity contribution >= 4 is 22.5 Å². The number of carbonyl (C=O) groups excluding carboxylic acids is 1. The zero-order valence-electron chi connectivity index (χ0n) is 14.1. The molecule has 0 saturated carbocycles. The number of aromatic hydroxyl groups is 1. The van der Waals surface area contributed by atoms with Gasteiger partial charge in [0, 0.05) is 26.2 Å². The van der Waals surface area contributed by atoms with Gasteiger partial charge < -0.3 is 19.9 Å². The van der Waals surface area contributed by atoms with Crippen LogP contribution in [-0.4, -0.2) is 52.1 Å². The monoisotopic (exact) mass is 350 g/mol. The largest absolute Gasteiger partial charge is 0.506 e. The third-order valence-corrected chi connectivity index (χ3v) is 4.60. The van der Waals surface area contributed by atoms with Gasteiger partial charge in [-0.15, -0.1) is 0 Å². The number of anilines is 1. The van der Waals surface area contributed by atoms with Gasteiger partial charge in [-0.1, -0.05) is 24.3 Å². The molecule has 7 nitrogen and oxygen atoms in total. The Bertz CT molecular complexity index is 1020. The van der Waals surface area contributed by atoms with Gasteiger partial charge in [-0.3, -0.25) is 9.59 Å². The second-order valence-corrected chi connectivity index (χ2v) is 6.20. The van der Waals surface area contributed by atoms with E-state index in [0.29, 0.717) is 37.1 Å². The van der Waals surface area contributed by atoms with Crippen molar-refractivity contribution in [2.24, 2.45) is 0 Å². The number of para-hydroxylation sites is 3. The summed E-state index contributed by atoms with van der Waals surface area (Å²) < 4.78 is 0. The number of aromatic nitrogens is 2. The lowest BCUT2D eigenvalue weighted by Gasteiger charge is -2.36. The molecule has 26 heavy (non-hydrogen) atoms. The predicted molar refractivity (Wildman–Crippen MR) is 98.6 cm³/mol. The van der Waals surface area contributed by atoms with E-state index in [4.69, 9.17) is 0 Å². The van der Waals surface area contributed by atoms with Gasteiger partial charge in [0.05, 0.1) is 16.6 Å². The highest BCUT2D eigenvalue weighted by atomic mass is 16.3. The van der Waals surface area contributed by atoms with Crippen LogP contribution in [0.1, 0.15) is 10.6 Å². The smallest absolute Gasteiger partial charge is 0.289 e. The van der Waals surface area contributed by atoms with Gasteiger partial charge in [-0.25, -0.2) is 4.98 Å². The molecule has 0 atom stereocenters. The van der Waals surface area contributed by atoms with Crippen molar-refractivity contribution in [3.05, 3.63) is 64.7 Å². The van der Waals surface area contributed by atoms with Crippen molar-refractivity contribution in [2.75, 3.05) is 31.1 Å². The van der Waals surface area contributed by atoms with E-state index < -0.39 is 0 Å². The summed E-state index contributed by atoms with van der Waals surface area (Å²) in [5, 5.41) is 10.4. The molecule has 1 fully saturated rings. The number of hydrogen-bond acceptors (Lipinski definition) is 5. The summed E-state index contributed by atoms with van der Waals surface area (Å²) in [7, 11) is 0. The van der Waals surface area contributed by atoms with Crippen molar-refractivity contribution in [3.8, 4) is 5.75 Å². The molecule has 4 rings (SSSR count). The van der Waals surface area contributed by atoms with E-state index in [0.717, 1.165) is 5.69 Å². The molecule has 0 unspecified atom stereocenters. The van der Waals surface area contributed by atoms with Crippen molar-refractivity contribution < 1.29 is 9.90 Å². The number of nitrogens with zero attached hydrogens (tertiary/aromatic N) is 3. The molecular weight excluding hydrogens is 332 g/mol. The number of fused-ring (bicyclic) bond motifs is 1. The highest BCUT2D eigenvalue weighted by Gasteiger charge is 2.25. The first kappa shape index (κ1) is 16.1. The lowest BCUT2D eigenvalue weighted by molar-refractivity contribution is 0.0734. The molecule has 2 heterocycles. The molecule has 0 radical (unpaired) electrons. The zero-order valence-corrected chi connectivity index (χ0v) is 14.1. The number of piperazine rings is 1. The maximum absolute atomic E-state index is 12.7. The van der Waals surface area contributed by atoms with Gasteiger partial charge in [0.25, 0.3) is 11.5 Å². The second-order valence-electron chi connectivity index (χ2n) is 6.20. The van der Waals surface area contributed by atoms with Crippen LogP contribution >= 0.6 is 0 Å². The minimum Gasteiger partial charge on any atom is -0.506 e. The molecule has 3 aromatic rings. The Morgan fingerprint density at radius 3 is 2.46 bits per heavy atom. The summed E-state index contributed by atoms with van der Waals surface area (Å²) in [5.74, 6) is 0.00213. The number of benzene rings is 2. The zero-order chi connectivity index (χ0) is 18.1. The molecule has 0 spiro atoms. The number of amides is 1. The fraction of sp³-hybridized carbons (Fsp3) is 0.211. The summed E-state index contributed by atoms with van der Waals surface area (Å²) in [6.07, 6.45) is 0. The molecule has 1 amide bonds. The maximum atomic E-state index is 12.7.